The van der Waals surface area contributed by atoms with Crippen LogP contribution in [0.1, 0.15) is 38.6 Å². The molecule has 1 aromatic carbocycles. The average molecular weight is 402 g/mol. The molecule has 1 fully saturated rings. The fourth-order valence-electron chi connectivity index (χ4n) is 4.04. The number of aryl methyl sites for hydroxylation is 1. The standard InChI is InChI=1S/C24H26N4O2/c1-18-14-23(19(2)28(18)17-22-4-3-13-30-22)24(29)27-11-9-26(10-12-27)16-21-7-5-20(15-25)6-8-21/h3-8,13-14H,9-12,16-17H2,1-2H3. The first-order valence-corrected chi connectivity index (χ1v) is 10.2. The molecule has 1 aliphatic rings. The van der Waals surface area contributed by atoms with E-state index in [1.54, 1.807) is 6.26 Å². The number of nitriles is 1. The maximum Gasteiger partial charge on any atom is 0.255 e. The predicted molar refractivity (Wildman–Crippen MR) is 114 cm³/mol. The largest absolute Gasteiger partial charge is 0.467 e. The van der Waals surface area contributed by atoms with Crippen LogP contribution in [-0.2, 0) is 13.1 Å². The van der Waals surface area contributed by atoms with Crippen molar-refractivity contribution in [3.63, 3.8) is 0 Å². The summed E-state index contributed by atoms with van der Waals surface area (Å²) in [6.07, 6.45) is 1.67. The highest BCUT2D eigenvalue weighted by Gasteiger charge is 2.25. The lowest BCUT2D eigenvalue weighted by molar-refractivity contribution is 0.0627. The molecule has 4 rings (SSSR count). The number of aromatic nitrogens is 1. The quantitative estimate of drug-likeness (QED) is 0.654. The van der Waals surface area contributed by atoms with E-state index in [2.05, 4.69) is 15.5 Å². The maximum atomic E-state index is 13.2. The van der Waals surface area contributed by atoms with Crippen molar-refractivity contribution in [1.29, 1.82) is 5.26 Å². The topological polar surface area (TPSA) is 65.4 Å². The van der Waals surface area contributed by atoms with E-state index < -0.39 is 0 Å². The van der Waals surface area contributed by atoms with Gasteiger partial charge in [-0.2, -0.15) is 5.26 Å². The molecule has 0 N–H and O–H groups in total. The van der Waals surface area contributed by atoms with Crippen molar-refractivity contribution in [2.24, 2.45) is 0 Å². The second kappa shape index (κ2) is 8.60. The van der Waals surface area contributed by atoms with Crippen LogP contribution >= 0.6 is 0 Å². The smallest absolute Gasteiger partial charge is 0.255 e. The molecule has 6 nitrogen and oxygen atoms in total. The predicted octanol–water partition coefficient (Wildman–Crippen LogP) is 3.58. The van der Waals surface area contributed by atoms with Gasteiger partial charge in [0.15, 0.2) is 0 Å². The van der Waals surface area contributed by atoms with Gasteiger partial charge in [0.2, 0.25) is 0 Å². The van der Waals surface area contributed by atoms with E-state index in [1.165, 1.54) is 5.56 Å². The summed E-state index contributed by atoms with van der Waals surface area (Å²) in [4.78, 5) is 17.5. The number of hydrogen-bond acceptors (Lipinski definition) is 4. The monoisotopic (exact) mass is 402 g/mol. The molecule has 0 bridgehead atoms. The Labute approximate surface area is 176 Å². The Kier molecular flexibility index (Phi) is 5.73. The van der Waals surface area contributed by atoms with Crippen LogP contribution in [0.2, 0.25) is 0 Å². The third-order valence-electron chi connectivity index (χ3n) is 5.85. The van der Waals surface area contributed by atoms with Crippen LogP contribution in [0.4, 0.5) is 0 Å². The van der Waals surface area contributed by atoms with Gasteiger partial charge in [-0.15, -0.1) is 0 Å². The summed E-state index contributed by atoms with van der Waals surface area (Å²) in [6.45, 7) is 8.63. The Balaban J connectivity index is 1.38. The lowest BCUT2D eigenvalue weighted by atomic mass is 10.1. The molecular weight excluding hydrogens is 376 g/mol. The number of nitrogens with zero attached hydrogens (tertiary/aromatic N) is 4. The molecule has 0 unspecified atom stereocenters. The van der Waals surface area contributed by atoms with E-state index in [9.17, 15) is 4.79 Å². The Bertz CT molecular complexity index is 1050. The highest BCUT2D eigenvalue weighted by atomic mass is 16.3. The van der Waals surface area contributed by atoms with E-state index in [0.29, 0.717) is 12.1 Å². The van der Waals surface area contributed by atoms with Crippen LogP contribution < -0.4 is 0 Å². The lowest BCUT2D eigenvalue weighted by Gasteiger charge is -2.34. The van der Waals surface area contributed by atoms with Crippen LogP contribution in [0.5, 0.6) is 0 Å². The first kappa shape index (κ1) is 20.0. The number of rotatable bonds is 5. The highest BCUT2D eigenvalue weighted by Crippen LogP contribution is 2.20. The van der Waals surface area contributed by atoms with Crippen molar-refractivity contribution < 1.29 is 9.21 Å². The van der Waals surface area contributed by atoms with Gasteiger partial charge in [-0.25, -0.2) is 0 Å². The zero-order valence-electron chi connectivity index (χ0n) is 17.5. The molecule has 154 valence electrons. The molecule has 1 amide bonds. The van der Waals surface area contributed by atoms with Gasteiger partial charge in [0, 0.05) is 44.1 Å². The minimum Gasteiger partial charge on any atom is -0.467 e. The summed E-state index contributed by atoms with van der Waals surface area (Å²) >= 11 is 0. The summed E-state index contributed by atoms with van der Waals surface area (Å²) in [7, 11) is 0. The highest BCUT2D eigenvalue weighted by molar-refractivity contribution is 5.95. The molecule has 2 aromatic heterocycles. The number of carbonyl (C=O) groups is 1. The van der Waals surface area contributed by atoms with Gasteiger partial charge in [0.25, 0.3) is 5.91 Å². The summed E-state index contributed by atoms with van der Waals surface area (Å²) in [5.41, 5.74) is 4.69. The van der Waals surface area contributed by atoms with Crippen LogP contribution in [0.25, 0.3) is 0 Å². The molecule has 6 heteroatoms. The number of amides is 1. The fraction of sp³-hybridized carbons (Fsp3) is 0.333. The zero-order valence-corrected chi connectivity index (χ0v) is 17.5. The summed E-state index contributed by atoms with van der Waals surface area (Å²) in [5.74, 6) is 0.985. The van der Waals surface area contributed by atoms with Gasteiger partial charge < -0.3 is 13.9 Å². The van der Waals surface area contributed by atoms with Crippen molar-refractivity contribution in [3.8, 4) is 6.07 Å². The molecule has 0 radical (unpaired) electrons. The summed E-state index contributed by atoms with van der Waals surface area (Å²) < 4.78 is 7.60. The minimum absolute atomic E-state index is 0.104. The number of carbonyl (C=O) groups excluding carboxylic acids is 1. The van der Waals surface area contributed by atoms with Crippen LogP contribution in [0.15, 0.2) is 53.1 Å². The van der Waals surface area contributed by atoms with Gasteiger partial charge in [0.1, 0.15) is 5.76 Å². The summed E-state index contributed by atoms with van der Waals surface area (Å²) in [6, 6.07) is 15.7. The molecule has 30 heavy (non-hydrogen) atoms. The maximum absolute atomic E-state index is 13.2. The van der Waals surface area contributed by atoms with E-state index in [1.807, 2.05) is 61.2 Å². The van der Waals surface area contributed by atoms with Gasteiger partial charge in [-0.3, -0.25) is 9.69 Å². The third-order valence-corrected chi connectivity index (χ3v) is 5.85. The van der Waals surface area contributed by atoms with Crippen molar-refractivity contribution in [2.45, 2.75) is 26.9 Å². The van der Waals surface area contributed by atoms with E-state index in [4.69, 9.17) is 9.68 Å². The molecule has 0 spiro atoms. The molecule has 0 saturated carbocycles. The van der Waals surface area contributed by atoms with Crippen molar-refractivity contribution in [3.05, 3.63) is 82.6 Å². The van der Waals surface area contributed by atoms with E-state index >= 15 is 0 Å². The van der Waals surface area contributed by atoms with Crippen LogP contribution in [-0.4, -0.2) is 46.5 Å². The molecule has 0 atom stereocenters. The second-order valence-corrected chi connectivity index (χ2v) is 7.83. The zero-order chi connectivity index (χ0) is 21.1. The third kappa shape index (κ3) is 4.17. The first-order valence-electron chi connectivity index (χ1n) is 10.2. The lowest BCUT2D eigenvalue weighted by Crippen LogP contribution is -2.48. The number of piperazine rings is 1. The van der Waals surface area contributed by atoms with E-state index in [-0.39, 0.29) is 5.91 Å². The Hall–Kier alpha value is -3.30. The molecule has 3 heterocycles. The van der Waals surface area contributed by atoms with E-state index in [0.717, 1.165) is 55.4 Å². The van der Waals surface area contributed by atoms with Crippen LogP contribution in [0, 0.1) is 25.2 Å². The first-order chi connectivity index (χ1) is 14.5. The van der Waals surface area contributed by atoms with Crippen molar-refractivity contribution >= 4 is 5.91 Å². The molecule has 3 aromatic rings. The molecule has 1 saturated heterocycles. The Morgan fingerprint density at radius 2 is 1.80 bits per heavy atom. The Morgan fingerprint density at radius 1 is 1.07 bits per heavy atom. The van der Waals surface area contributed by atoms with Crippen molar-refractivity contribution in [1.82, 2.24) is 14.4 Å². The number of benzene rings is 1. The molecule has 1 aliphatic heterocycles. The second-order valence-electron chi connectivity index (χ2n) is 7.83. The SMILES string of the molecule is Cc1cc(C(=O)N2CCN(Cc3ccc(C#N)cc3)CC2)c(C)n1Cc1ccco1. The van der Waals surface area contributed by atoms with Gasteiger partial charge in [-0.1, -0.05) is 12.1 Å². The van der Waals surface area contributed by atoms with Gasteiger partial charge >= 0.3 is 0 Å². The number of hydrogen-bond donors (Lipinski definition) is 0. The van der Waals surface area contributed by atoms with Gasteiger partial charge in [-0.05, 0) is 49.7 Å². The summed E-state index contributed by atoms with van der Waals surface area (Å²) in [5, 5.41) is 8.92. The fourth-order valence-corrected chi connectivity index (χ4v) is 4.04. The normalized spacial score (nSPS) is 14.6. The number of furan rings is 1. The average Bonchev–Trinajstić information content (AvgIpc) is 3.38. The van der Waals surface area contributed by atoms with Gasteiger partial charge in [0.05, 0.1) is 30.0 Å². The molecular formula is C24H26N4O2. The minimum atomic E-state index is 0.104. The molecule has 0 aliphatic carbocycles. The Morgan fingerprint density at radius 3 is 2.43 bits per heavy atom. The van der Waals surface area contributed by atoms with Crippen LogP contribution in [0.3, 0.4) is 0 Å². The van der Waals surface area contributed by atoms with Crippen molar-refractivity contribution in [2.75, 3.05) is 26.2 Å².